The molecule has 1 atom stereocenters. The first kappa shape index (κ1) is 22.7. The number of fused-ring (bicyclic) bond motifs is 1. The van der Waals surface area contributed by atoms with Crippen LogP contribution in [0, 0.1) is 5.41 Å². The first-order chi connectivity index (χ1) is 14.9. The van der Waals surface area contributed by atoms with E-state index in [1.807, 2.05) is 13.8 Å². The van der Waals surface area contributed by atoms with E-state index in [1.54, 1.807) is 12.1 Å². The number of Topliss-reactive ketones (excluding diaryl/α,β-unsaturated/α-hetero) is 1. The Morgan fingerprint density at radius 3 is 2.47 bits per heavy atom. The Morgan fingerprint density at radius 2 is 1.78 bits per heavy atom. The zero-order valence-electron chi connectivity index (χ0n) is 17.2. The lowest BCUT2D eigenvalue weighted by Gasteiger charge is -2.37. The van der Waals surface area contributed by atoms with Gasteiger partial charge in [-0.3, -0.25) is 14.5 Å². The SMILES string of the molecule is CC1(C)CC(=O)C2=C(C1)Nc1ccccc1N(C(=O)C(F)(F)F)C2c1cccc(Cl)c1Cl. The maximum absolute atomic E-state index is 13.8. The summed E-state index contributed by atoms with van der Waals surface area (Å²) in [5, 5.41) is 3.24. The fraction of sp³-hybridized carbons (Fsp3) is 0.304. The fourth-order valence-electron chi connectivity index (χ4n) is 4.37. The molecular formula is C23H19Cl2F3N2O2. The Hall–Kier alpha value is -2.51. The zero-order valence-corrected chi connectivity index (χ0v) is 18.7. The van der Waals surface area contributed by atoms with E-state index in [0.717, 1.165) is 0 Å². The Labute approximate surface area is 193 Å². The highest BCUT2D eigenvalue weighted by Gasteiger charge is 2.50. The molecule has 32 heavy (non-hydrogen) atoms. The molecule has 2 aromatic carbocycles. The average Bonchev–Trinajstić information content (AvgIpc) is 2.82. The lowest BCUT2D eigenvalue weighted by molar-refractivity contribution is -0.170. The molecule has 1 aliphatic heterocycles. The molecule has 1 N–H and O–H groups in total. The van der Waals surface area contributed by atoms with Crippen molar-refractivity contribution < 1.29 is 22.8 Å². The van der Waals surface area contributed by atoms with E-state index in [0.29, 0.717) is 22.7 Å². The van der Waals surface area contributed by atoms with Gasteiger partial charge in [-0.05, 0) is 35.6 Å². The van der Waals surface area contributed by atoms with Crippen LogP contribution in [-0.4, -0.2) is 17.9 Å². The van der Waals surface area contributed by atoms with Crippen LogP contribution in [-0.2, 0) is 9.59 Å². The van der Waals surface area contributed by atoms with E-state index in [1.165, 1.54) is 30.3 Å². The van der Waals surface area contributed by atoms with Crippen LogP contribution in [0.25, 0.3) is 0 Å². The van der Waals surface area contributed by atoms with Crippen LogP contribution in [0.1, 0.15) is 38.3 Å². The number of para-hydroxylation sites is 2. The van der Waals surface area contributed by atoms with E-state index in [4.69, 9.17) is 23.2 Å². The highest BCUT2D eigenvalue weighted by molar-refractivity contribution is 6.42. The molecule has 4 rings (SSSR count). The molecule has 2 aliphatic rings. The molecule has 1 unspecified atom stereocenters. The van der Waals surface area contributed by atoms with Crippen molar-refractivity contribution in [2.75, 3.05) is 10.2 Å². The number of anilines is 2. The smallest absolute Gasteiger partial charge is 0.357 e. The van der Waals surface area contributed by atoms with Crippen molar-refractivity contribution in [1.29, 1.82) is 0 Å². The van der Waals surface area contributed by atoms with Crippen LogP contribution in [0.15, 0.2) is 53.7 Å². The monoisotopic (exact) mass is 482 g/mol. The highest BCUT2D eigenvalue weighted by atomic mass is 35.5. The average molecular weight is 483 g/mol. The Balaban J connectivity index is 2.08. The predicted octanol–water partition coefficient (Wildman–Crippen LogP) is 6.70. The van der Waals surface area contributed by atoms with Gasteiger partial charge in [0.1, 0.15) is 0 Å². The second-order valence-electron chi connectivity index (χ2n) is 8.69. The minimum Gasteiger partial charge on any atom is -0.357 e. The number of nitrogens with zero attached hydrogens (tertiary/aromatic N) is 1. The molecule has 0 bridgehead atoms. The number of carbonyl (C=O) groups excluding carboxylic acids is 2. The second-order valence-corrected chi connectivity index (χ2v) is 9.48. The van der Waals surface area contributed by atoms with Crippen molar-refractivity contribution >= 4 is 46.3 Å². The summed E-state index contributed by atoms with van der Waals surface area (Å²) >= 11 is 12.6. The van der Waals surface area contributed by atoms with Crippen LogP contribution in [0.4, 0.5) is 24.5 Å². The van der Waals surface area contributed by atoms with Crippen LogP contribution < -0.4 is 10.2 Å². The summed E-state index contributed by atoms with van der Waals surface area (Å²) in [6.07, 6.45) is -4.66. The summed E-state index contributed by atoms with van der Waals surface area (Å²) in [5.74, 6) is -2.45. The third-order valence-electron chi connectivity index (χ3n) is 5.64. The third kappa shape index (κ3) is 3.88. The molecule has 9 heteroatoms. The van der Waals surface area contributed by atoms with Gasteiger partial charge in [0.05, 0.1) is 27.5 Å². The number of halogens is 5. The van der Waals surface area contributed by atoms with E-state index in [9.17, 15) is 22.8 Å². The molecule has 0 saturated heterocycles. The van der Waals surface area contributed by atoms with E-state index >= 15 is 0 Å². The van der Waals surface area contributed by atoms with Gasteiger partial charge in [-0.2, -0.15) is 13.2 Å². The van der Waals surface area contributed by atoms with Crippen molar-refractivity contribution in [2.45, 2.75) is 38.9 Å². The van der Waals surface area contributed by atoms with Gasteiger partial charge in [0.2, 0.25) is 0 Å². The number of allylic oxidation sites excluding steroid dienone is 1. The molecular weight excluding hydrogens is 464 g/mol. The summed E-state index contributed by atoms with van der Waals surface area (Å²) in [6, 6.07) is 9.27. The normalized spacial score (nSPS) is 20.3. The Morgan fingerprint density at radius 1 is 1.09 bits per heavy atom. The van der Waals surface area contributed by atoms with Gasteiger partial charge in [-0.1, -0.05) is 61.3 Å². The summed E-state index contributed by atoms with van der Waals surface area (Å²) in [7, 11) is 0. The summed E-state index contributed by atoms with van der Waals surface area (Å²) < 4.78 is 41.4. The van der Waals surface area contributed by atoms with Crippen molar-refractivity contribution in [3.05, 3.63) is 69.3 Å². The number of rotatable bonds is 1. The number of amides is 1. The Bertz CT molecular complexity index is 1160. The van der Waals surface area contributed by atoms with E-state index in [2.05, 4.69) is 5.32 Å². The second kappa shape index (κ2) is 7.81. The summed E-state index contributed by atoms with van der Waals surface area (Å²) in [6.45, 7) is 3.82. The number of carbonyl (C=O) groups is 2. The third-order valence-corrected chi connectivity index (χ3v) is 6.47. The molecule has 4 nitrogen and oxygen atoms in total. The number of benzene rings is 2. The predicted molar refractivity (Wildman–Crippen MR) is 118 cm³/mol. The van der Waals surface area contributed by atoms with Crippen molar-refractivity contribution in [3.63, 3.8) is 0 Å². The van der Waals surface area contributed by atoms with Crippen molar-refractivity contribution in [1.82, 2.24) is 0 Å². The fourth-order valence-corrected chi connectivity index (χ4v) is 4.78. The van der Waals surface area contributed by atoms with Crippen LogP contribution in [0.3, 0.4) is 0 Å². The van der Waals surface area contributed by atoms with Crippen molar-refractivity contribution in [2.24, 2.45) is 5.41 Å². The lowest BCUT2D eigenvalue weighted by atomic mass is 9.73. The van der Waals surface area contributed by atoms with Crippen molar-refractivity contribution in [3.8, 4) is 0 Å². The molecule has 1 aliphatic carbocycles. The van der Waals surface area contributed by atoms with E-state index < -0.39 is 23.5 Å². The molecule has 0 saturated carbocycles. The van der Waals surface area contributed by atoms with Crippen LogP contribution >= 0.6 is 23.2 Å². The van der Waals surface area contributed by atoms with Crippen LogP contribution in [0.2, 0.25) is 10.0 Å². The standard InChI is InChI=1S/C23H19Cl2F3N2O2/c1-22(2)10-15-18(17(31)11-22)20(12-6-5-7-13(24)19(12)25)30(21(32)23(26,27)28)16-9-4-3-8-14(16)29-15/h3-9,20,29H,10-11H2,1-2H3. The van der Waals surface area contributed by atoms with Gasteiger partial charge in [-0.25, -0.2) is 0 Å². The van der Waals surface area contributed by atoms with Gasteiger partial charge in [0.15, 0.2) is 5.78 Å². The summed E-state index contributed by atoms with van der Waals surface area (Å²) in [4.78, 5) is 26.7. The van der Waals surface area contributed by atoms with Gasteiger partial charge in [-0.15, -0.1) is 0 Å². The molecule has 0 aromatic heterocycles. The molecule has 2 aromatic rings. The maximum atomic E-state index is 13.8. The first-order valence-electron chi connectivity index (χ1n) is 9.87. The van der Waals surface area contributed by atoms with Gasteiger partial charge in [0, 0.05) is 17.7 Å². The number of ketones is 1. The molecule has 0 radical (unpaired) electrons. The zero-order chi connectivity index (χ0) is 23.4. The maximum Gasteiger partial charge on any atom is 0.471 e. The van der Waals surface area contributed by atoms with Gasteiger partial charge < -0.3 is 5.32 Å². The van der Waals surface area contributed by atoms with Gasteiger partial charge in [0.25, 0.3) is 0 Å². The summed E-state index contributed by atoms with van der Waals surface area (Å²) in [5.41, 5.74) is 0.582. The topological polar surface area (TPSA) is 49.4 Å². The van der Waals surface area contributed by atoms with Crippen LogP contribution in [0.5, 0.6) is 0 Å². The molecule has 1 heterocycles. The quantitative estimate of drug-likeness (QED) is 0.491. The number of hydrogen-bond donors (Lipinski definition) is 1. The molecule has 1 amide bonds. The minimum absolute atomic E-state index is 0.00382. The molecule has 0 fully saturated rings. The molecule has 168 valence electrons. The van der Waals surface area contributed by atoms with Gasteiger partial charge >= 0.3 is 12.1 Å². The largest absolute Gasteiger partial charge is 0.471 e. The first-order valence-corrected chi connectivity index (χ1v) is 10.6. The number of alkyl halides is 3. The number of nitrogens with one attached hydrogen (secondary N) is 1. The van der Waals surface area contributed by atoms with E-state index in [-0.39, 0.29) is 39.1 Å². The molecule has 0 spiro atoms. The highest BCUT2D eigenvalue weighted by Crippen LogP contribution is 2.50. The minimum atomic E-state index is -5.18. The lowest BCUT2D eigenvalue weighted by Crippen LogP contribution is -2.45. The number of hydrogen-bond acceptors (Lipinski definition) is 3. The Kier molecular flexibility index (Phi) is 5.54.